The van der Waals surface area contributed by atoms with Gasteiger partial charge in [-0.3, -0.25) is 9.78 Å². The van der Waals surface area contributed by atoms with E-state index in [1.54, 1.807) is 6.20 Å². The molecule has 0 bridgehead atoms. The molecule has 4 heteroatoms. The van der Waals surface area contributed by atoms with Gasteiger partial charge in [0.1, 0.15) is 11.3 Å². The summed E-state index contributed by atoms with van der Waals surface area (Å²) in [6, 6.07) is 8.22. The van der Waals surface area contributed by atoms with E-state index in [0.29, 0.717) is 13.2 Å². The largest absolute Gasteiger partial charge is 0.491 e. The Morgan fingerprint density at radius 3 is 3.00 bits per heavy atom. The number of amides is 1. The molecule has 0 aliphatic carbocycles. The molecule has 0 unspecified atom stereocenters. The maximum Gasteiger partial charge on any atom is 0.243 e. The average Bonchev–Trinajstić information content (AvgIpc) is 2.59. The van der Waals surface area contributed by atoms with Gasteiger partial charge in [0, 0.05) is 18.1 Å². The van der Waals surface area contributed by atoms with E-state index in [2.05, 4.69) is 42.0 Å². The second-order valence-corrected chi connectivity index (χ2v) is 5.43. The maximum atomic E-state index is 11.1. The molecule has 4 nitrogen and oxygen atoms in total. The number of hydrogen-bond donors (Lipinski definition) is 1. The number of nitrogens with zero attached hydrogens (tertiary/aromatic N) is 1. The number of carbonyl (C=O) groups is 1. The molecule has 1 heterocycles. The molecule has 1 aromatic heterocycles. The van der Waals surface area contributed by atoms with Gasteiger partial charge < -0.3 is 10.1 Å². The molecule has 1 N–H and O–H groups in total. The maximum absolute atomic E-state index is 11.1. The Morgan fingerprint density at radius 1 is 1.35 bits per heavy atom. The lowest BCUT2D eigenvalue weighted by molar-refractivity contribution is -0.116. The summed E-state index contributed by atoms with van der Waals surface area (Å²) >= 11 is 0. The van der Waals surface area contributed by atoms with Crippen LogP contribution < -0.4 is 10.1 Å². The minimum Gasteiger partial charge on any atom is -0.491 e. The topological polar surface area (TPSA) is 51.2 Å². The van der Waals surface area contributed by atoms with Crippen LogP contribution >= 0.6 is 0 Å². The molecule has 0 radical (unpaired) electrons. The first-order valence-electron chi connectivity index (χ1n) is 8.16. The summed E-state index contributed by atoms with van der Waals surface area (Å²) in [5.41, 5.74) is 2.14. The highest BCUT2D eigenvalue weighted by molar-refractivity contribution is 5.86. The van der Waals surface area contributed by atoms with Crippen molar-refractivity contribution in [3.05, 3.63) is 48.7 Å². The molecule has 0 saturated carbocycles. The SMILES string of the molecule is C=CC(=O)NCCCCOc1c(CCC)ccc2cccnc12. The minimum atomic E-state index is -0.130. The minimum absolute atomic E-state index is 0.130. The quantitative estimate of drug-likeness (QED) is 0.568. The summed E-state index contributed by atoms with van der Waals surface area (Å²) in [6.07, 6.45) is 6.90. The molecule has 0 atom stereocenters. The molecule has 122 valence electrons. The van der Waals surface area contributed by atoms with Crippen molar-refractivity contribution in [3.8, 4) is 5.75 Å². The van der Waals surface area contributed by atoms with E-state index >= 15 is 0 Å². The number of pyridine rings is 1. The predicted molar refractivity (Wildman–Crippen MR) is 93.7 cm³/mol. The van der Waals surface area contributed by atoms with Gasteiger partial charge in [-0.2, -0.15) is 0 Å². The lowest BCUT2D eigenvalue weighted by atomic mass is 10.1. The van der Waals surface area contributed by atoms with E-state index in [1.807, 2.05) is 6.07 Å². The molecule has 0 fully saturated rings. The normalized spacial score (nSPS) is 10.5. The fourth-order valence-corrected chi connectivity index (χ4v) is 2.47. The van der Waals surface area contributed by atoms with Gasteiger partial charge in [-0.1, -0.05) is 38.1 Å². The Hall–Kier alpha value is -2.36. The smallest absolute Gasteiger partial charge is 0.243 e. The molecule has 1 aromatic carbocycles. The van der Waals surface area contributed by atoms with Gasteiger partial charge in [0.15, 0.2) is 0 Å². The molecule has 0 aliphatic heterocycles. The van der Waals surface area contributed by atoms with Gasteiger partial charge >= 0.3 is 0 Å². The second-order valence-electron chi connectivity index (χ2n) is 5.43. The van der Waals surface area contributed by atoms with Crippen LogP contribution in [-0.2, 0) is 11.2 Å². The fourth-order valence-electron chi connectivity index (χ4n) is 2.47. The first-order chi connectivity index (χ1) is 11.3. The van der Waals surface area contributed by atoms with Crippen LogP contribution in [0.5, 0.6) is 5.75 Å². The van der Waals surface area contributed by atoms with E-state index in [-0.39, 0.29) is 5.91 Å². The van der Waals surface area contributed by atoms with Crippen molar-refractivity contribution in [2.75, 3.05) is 13.2 Å². The van der Waals surface area contributed by atoms with Crippen molar-refractivity contribution < 1.29 is 9.53 Å². The van der Waals surface area contributed by atoms with Gasteiger partial charge in [0.25, 0.3) is 0 Å². The highest BCUT2D eigenvalue weighted by Crippen LogP contribution is 2.29. The molecule has 2 rings (SSSR count). The summed E-state index contributed by atoms with van der Waals surface area (Å²) < 4.78 is 6.04. The van der Waals surface area contributed by atoms with E-state index in [4.69, 9.17) is 4.74 Å². The number of aromatic nitrogens is 1. The summed E-state index contributed by atoms with van der Waals surface area (Å²) in [5.74, 6) is 0.773. The zero-order chi connectivity index (χ0) is 16.5. The first kappa shape index (κ1) is 17.0. The second kappa shape index (κ2) is 8.93. The van der Waals surface area contributed by atoms with Crippen LogP contribution in [0.2, 0.25) is 0 Å². The summed E-state index contributed by atoms with van der Waals surface area (Å²) in [7, 11) is 0. The lowest BCUT2D eigenvalue weighted by Gasteiger charge is -2.13. The zero-order valence-corrected chi connectivity index (χ0v) is 13.7. The summed E-state index contributed by atoms with van der Waals surface area (Å²) in [4.78, 5) is 15.5. The van der Waals surface area contributed by atoms with Crippen molar-refractivity contribution in [2.24, 2.45) is 0 Å². The van der Waals surface area contributed by atoms with Crippen molar-refractivity contribution in [1.82, 2.24) is 10.3 Å². The Morgan fingerprint density at radius 2 is 2.22 bits per heavy atom. The Labute approximate surface area is 137 Å². The van der Waals surface area contributed by atoms with E-state index in [0.717, 1.165) is 42.3 Å². The van der Waals surface area contributed by atoms with Gasteiger partial charge in [0.2, 0.25) is 5.91 Å². The highest BCUT2D eigenvalue weighted by Gasteiger charge is 2.09. The molecule has 0 aliphatic rings. The molecule has 23 heavy (non-hydrogen) atoms. The van der Waals surface area contributed by atoms with Crippen LogP contribution in [0.1, 0.15) is 31.7 Å². The first-order valence-corrected chi connectivity index (χ1v) is 8.16. The lowest BCUT2D eigenvalue weighted by Crippen LogP contribution is -2.22. The van der Waals surface area contributed by atoms with Gasteiger partial charge in [-0.05, 0) is 37.0 Å². The number of hydrogen-bond acceptors (Lipinski definition) is 3. The molecular weight excluding hydrogens is 288 g/mol. The van der Waals surface area contributed by atoms with Gasteiger partial charge in [-0.15, -0.1) is 0 Å². The van der Waals surface area contributed by atoms with Crippen LogP contribution in [0.25, 0.3) is 10.9 Å². The standard InChI is InChI=1S/C19H24N2O2/c1-3-8-16-11-10-15-9-7-13-21-18(15)19(16)23-14-6-5-12-20-17(22)4-2/h4,7,9-11,13H,2-3,5-6,8,12,14H2,1H3,(H,20,22). The highest BCUT2D eigenvalue weighted by atomic mass is 16.5. The zero-order valence-electron chi connectivity index (χ0n) is 13.7. The van der Waals surface area contributed by atoms with Crippen LogP contribution in [0.4, 0.5) is 0 Å². The number of carbonyl (C=O) groups excluding carboxylic acids is 1. The summed E-state index contributed by atoms with van der Waals surface area (Å²) in [6.45, 7) is 6.85. The molecular formula is C19H24N2O2. The molecule has 0 saturated heterocycles. The average molecular weight is 312 g/mol. The van der Waals surface area contributed by atoms with E-state index in [9.17, 15) is 4.79 Å². The van der Waals surface area contributed by atoms with Crippen LogP contribution in [-0.4, -0.2) is 24.0 Å². The van der Waals surface area contributed by atoms with Crippen molar-refractivity contribution in [1.29, 1.82) is 0 Å². The predicted octanol–water partition coefficient (Wildman–Crippen LogP) is 3.65. The fraction of sp³-hybridized carbons (Fsp3) is 0.368. The number of rotatable bonds is 9. The van der Waals surface area contributed by atoms with Crippen molar-refractivity contribution in [3.63, 3.8) is 0 Å². The number of nitrogens with one attached hydrogen (secondary N) is 1. The van der Waals surface area contributed by atoms with Crippen molar-refractivity contribution >= 4 is 16.8 Å². The number of fused-ring (bicyclic) bond motifs is 1. The van der Waals surface area contributed by atoms with E-state index < -0.39 is 0 Å². The van der Waals surface area contributed by atoms with E-state index in [1.165, 1.54) is 11.6 Å². The third-order valence-corrected chi connectivity index (χ3v) is 3.63. The third-order valence-electron chi connectivity index (χ3n) is 3.63. The molecule has 2 aromatic rings. The monoisotopic (exact) mass is 312 g/mol. The van der Waals surface area contributed by atoms with Gasteiger partial charge in [0.05, 0.1) is 6.61 Å². The van der Waals surface area contributed by atoms with Gasteiger partial charge in [-0.25, -0.2) is 0 Å². The number of ether oxygens (including phenoxy) is 1. The number of unbranched alkanes of at least 4 members (excludes halogenated alkanes) is 1. The third kappa shape index (κ3) is 4.81. The van der Waals surface area contributed by atoms with Crippen molar-refractivity contribution in [2.45, 2.75) is 32.6 Å². The number of aryl methyl sites for hydroxylation is 1. The Kier molecular flexibility index (Phi) is 6.60. The number of benzene rings is 1. The Balaban J connectivity index is 1.96. The Bertz CT molecular complexity index is 667. The van der Waals surface area contributed by atoms with Crippen LogP contribution in [0, 0.1) is 0 Å². The van der Waals surface area contributed by atoms with Crippen LogP contribution in [0.15, 0.2) is 43.1 Å². The molecule has 0 spiro atoms. The summed E-state index contributed by atoms with van der Waals surface area (Å²) in [5, 5.41) is 3.87. The molecule has 1 amide bonds. The van der Waals surface area contributed by atoms with Crippen LogP contribution in [0.3, 0.4) is 0 Å².